The summed E-state index contributed by atoms with van der Waals surface area (Å²) in [7, 11) is 1.90. The first-order chi connectivity index (χ1) is 24.1. The summed E-state index contributed by atoms with van der Waals surface area (Å²) >= 11 is 13.7. The van der Waals surface area contributed by atoms with Gasteiger partial charge in [-0.1, -0.05) is 41.4 Å². The van der Waals surface area contributed by atoms with Crippen LogP contribution in [0.25, 0.3) is 10.9 Å². The summed E-state index contributed by atoms with van der Waals surface area (Å²) in [5.74, 6) is -2.05. The number of anilines is 1. The lowest BCUT2D eigenvalue weighted by Gasteiger charge is -2.48. The Hall–Kier alpha value is -2.99. The molecule has 2 atom stereocenters. The molecule has 3 fully saturated rings. The van der Waals surface area contributed by atoms with Crippen LogP contribution in [0.5, 0.6) is 0 Å². The summed E-state index contributed by atoms with van der Waals surface area (Å²) < 4.78 is 20.3. The number of aryl methyl sites for hydroxylation is 1. The molecule has 1 saturated carbocycles. The largest absolute Gasteiger partial charge is 0.466 e. The van der Waals surface area contributed by atoms with Gasteiger partial charge in [-0.05, 0) is 82.6 Å². The minimum Gasteiger partial charge on any atom is -0.466 e. The Bertz CT molecular complexity index is 1700. The van der Waals surface area contributed by atoms with Crippen LogP contribution in [0.4, 0.5) is 5.69 Å². The predicted molar refractivity (Wildman–Crippen MR) is 195 cm³/mol. The summed E-state index contributed by atoms with van der Waals surface area (Å²) in [4.78, 5) is 45.2. The van der Waals surface area contributed by atoms with Crippen molar-refractivity contribution in [2.45, 2.75) is 83.3 Å². The zero-order valence-electron chi connectivity index (χ0n) is 29.2. The zero-order chi connectivity index (χ0) is 35.4. The van der Waals surface area contributed by atoms with Crippen LogP contribution < -0.4 is 5.32 Å². The first-order valence-corrected chi connectivity index (χ1v) is 18.7. The van der Waals surface area contributed by atoms with Gasteiger partial charge in [-0.25, -0.2) is 0 Å². The van der Waals surface area contributed by atoms with Crippen LogP contribution in [0.2, 0.25) is 10.0 Å². The molecule has 1 aliphatic carbocycles. The maximum absolute atomic E-state index is 14.9. The molecule has 1 unspecified atom stereocenters. The van der Waals surface area contributed by atoms with Crippen molar-refractivity contribution in [1.29, 1.82) is 0 Å². The van der Waals surface area contributed by atoms with E-state index in [2.05, 4.69) is 15.1 Å². The van der Waals surface area contributed by atoms with Crippen LogP contribution in [0.3, 0.4) is 0 Å². The fourth-order valence-corrected chi connectivity index (χ4v) is 8.36. The minimum atomic E-state index is -1.32. The highest BCUT2D eigenvalue weighted by molar-refractivity contribution is 6.36. The lowest BCUT2D eigenvalue weighted by Crippen LogP contribution is -2.67. The maximum Gasteiger partial charge on any atom is 0.308 e. The van der Waals surface area contributed by atoms with Gasteiger partial charge in [0, 0.05) is 68.4 Å². The number of para-hydroxylation sites is 1. The molecule has 1 amide bonds. The highest BCUT2D eigenvalue weighted by atomic mass is 35.5. The first-order valence-electron chi connectivity index (χ1n) is 18.0. The molecule has 3 aliphatic rings. The highest BCUT2D eigenvalue weighted by Gasteiger charge is 2.54. The SMILES string of the molecule is CCOC(=O)[C@H]1CC[C@H](OC(C(=O)Cc2cc(Cl)c(NC(=O)c3cn(C)c4ccccc34)cc2Cl)(N2CCCC2)N2CC[C@H](OCC)C2)CC1. The van der Waals surface area contributed by atoms with E-state index in [1.807, 2.05) is 49.7 Å². The van der Waals surface area contributed by atoms with Crippen molar-refractivity contribution in [3.63, 3.8) is 0 Å². The van der Waals surface area contributed by atoms with E-state index < -0.39 is 5.85 Å². The Kier molecular flexibility index (Phi) is 11.9. The van der Waals surface area contributed by atoms with Gasteiger partial charge in [0.25, 0.3) is 5.91 Å². The van der Waals surface area contributed by atoms with E-state index in [1.165, 1.54) is 0 Å². The lowest BCUT2D eigenvalue weighted by molar-refractivity contribution is -0.253. The van der Waals surface area contributed by atoms with E-state index in [4.69, 9.17) is 37.4 Å². The second-order valence-electron chi connectivity index (χ2n) is 13.6. The second kappa shape index (κ2) is 16.1. The normalized spacial score (nSPS) is 22.9. The molecule has 2 saturated heterocycles. The van der Waals surface area contributed by atoms with Crippen molar-refractivity contribution >= 4 is 57.5 Å². The number of hydrogen-bond acceptors (Lipinski definition) is 8. The van der Waals surface area contributed by atoms with Crippen LogP contribution in [0.1, 0.15) is 74.7 Å². The number of hydrogen-bond donors (Lipinski definition) is 1. The molecule has 50 heavy (non-hydrogen) atoms. The number of Topliss-reactive ketones (excluding diaryl/α,β-unsaturated/α-hetero) is 1. The molecule has 2 aliphatic heterocycles. The third-order valence-electron chi connectivity index (χ3n) is 10.4. The van der Waals surface area contributed by atoms with Crippen molar-refractivity contribution in [3.05, 3.63) is 63.8 Å². The molecule has 0 radical (unpaired) electrons. The molecule has 10 nitrogen and oxygen atoms in total. The van der Waals surface area contributed by atoms with E-state index in [0.29, 0.717) is 73.8 Å². The second-order valence-corrected chi connectivity index (χ2v) is 14.4. The fourth-order valence-electron chi connectivity index (χ4n) is 7.89. The number of likely N-dealkylation sites (tertiary alicyclic amines) is 2. The number of ether oxygens (including phenoxy) is 3. The Morgan fingerprint density at radius 2 is 1.64 bits per heavy atom. The molecule has 3 heterocycles. The average Bonchev–Trinajstić information content (AvgIpc) is 3.88. The van der Waals surface area contributed by atoms with Crippen LogP contribution in [0, 0.1) is 5.92 Å². The maximum atomic E-state index is 14.9. The molecule has 2 aromatic carbocycles. The summed E-state index contributed by atoms with van der Waals surface area (Å²) in [5, 5.41) is 4.37. The summed E-state index contributed by atoms with van der Waals surface area (Å²) in [6.45, 7) is 7.45. The summed E-state index contributed by atoms with van der Waals surface area (Å²) in [6, 6.07) is 11.0. The number of halogens is 2. The molecular weight excluding hydrogens is 679 g/mol. The molecule has 3 aromatic rings. The smallest absolute Gasteiger partial charge is 0.308 e. The van der Waals surface area contributed by atoms with Gasteiger partial charge in [-0.3, -0.25) is 24.2 Å². The lowest BCUT2D eigenvalue weighted by atomic mass is 9.87. The van der Waals surface area contributed by atoms with Gasteiger partial charge in [0.15, 0.2) is 5.78 Å². The molecule has 1 N–H and O–H groups in total. The van der Waals surface area contributed by atoms with Crippen molar-refractivity contribution in [3.8, 4) is 0 Å². The number of nitrogens with zero attached hydrogens (tertiary/aromatic N) is 3. The highest BCUT2D eigenvalue weighted by Crippen LogP contribution is 2.39. The number of fused-ring (bicyclic) bond motifs is 1. The summed E-state index contributed by atoms with van der Waals surface area (Å²) in [6.07, 6.45) is 6.93. The molecular formula is C38H48Cl2N4O6. The van der Waals surface area contributed by atoms with Gasteiger partial charge in [-0.15, -0.1) is 0 Å². The number of aromatic nitrogens is 1. The number of amides is 1. The standard InChI is InChI=1S/C38H48Cl2N4O6/c1-4-48-28-16-19-44(23-28)38(43-17-8-9-18-43,50-27-14-12-25(13-15-27)37(47)49-5-2)35(45)21-26-20-32(40)33(22-31(26)39)41-36(46)30-24-42(3)34-11-7-6-10-29(30)34/h6-7,10-11,20,22,24-25,27-28H,4-5,8-9,12-19,21,23H2,1-3H3,(H,41,46)/t25-,27-,28-,38?/m0/s1. The third kappa shape index (κ3) is 7.61. The molecule has 6 rings (SSSR count). The van der Waals surface area contributed by atoms with E-state index >= 15 is 0 Å². The first kappa shape index (κ1) is 36.8. The monoisotopic (exact) mass is 726 g/mol. The molecule has 0 bridgehead atoms. The third-order valence-corrected chi connectivity index (χ3v) is 11.0. The number of benzene rings is 2. The quantitative estimate of drug-likeness (QED) is 0.191. The van der Waals surface area contributed by atoms with Crippen LogP contribution in [-0.4, -0.2) is 89.5 Å². The Labute approximate surface area is 304 Å². The number of rotatable bonds is 13. The topological polar surface area (TPSA) is 102 Å². The number of esters is 1. The van der Waals surface area contributed by atoms with E-state index in [-0.39, 0.29) is 47.2 Å². The molecule has 12 heteroatoms. The van der Waals surface area contributed by atoms with Crippen molar-refractivity contribution in [2.75, 3.05) is 44.7 Å². The van der Waals surface area contributed by atoms with Gasteiger partial charge in [0.2, 0.25) is 5.85 Å². The number of carbonyl (C=O) groups is 3. The van der Waals surface area contributed by atoms with Gasteiger partial charge in [0.05, 0.1) is 41.0 Å². The molecule has 0 spiro atoms. The van der Waals surface area contributed by atoms with Gasteiger partial charge in [-0.2, -0.15) is 0 Å². The number of carbonyl (C=O) groups excluding carboxylic acids is 3. The van der Waals surface area contributed by atoms with Crippen LogP contribution in [0.15, 0.2) is 42.6 Å². The van der Waals surface area contributed by atoms with Gasteiger partial charge < -0.3 is 24.1 Å². The van der Waals surface area contributed by atoms with Gasteiger partial charge >= 0.3 is 5.97 Å². The Morgan fingerprint density at radius 1 is 0.900 bits per heavy atom. The van der Waals surface area contributed by atoms with E-state index in [9.17, 15) is 14.4 Å². The van der Waals surface area contributed by atoms with E-state index in [1.54, 1.807) is 18.3 Å². The molecule has 270 valence electrons. The fraction of sp³-hybridized carbons (Fsp3) is 0.553. The Balaban J connectivity index is 1.26. The summed E-state index contributed by atoms with van der Waals surface area (Å²) in [5.41, 5.74) is 2.39. The van der Waals surface area contributed by atoms with Crippen molar-refractivity contribution < 1.29 is 28.6 Å². The van der Waals surface area contributed by atoms with Crippen LogP contribution >= 0.6 is 23.2 Å². The minimum absolute atomic E-state index is 0.000547. The Morgan fingerprint density at radius 3 is 2.36 bits per heavy atom. The average molecular weight is 728 g/mol. The predicted octanol–water partition coefficient (Wildman–Crippen LogP) is 6.85. The van der Waals surface area contributed by atoms with Gasteiger partial charge in [0.1, 0.15) is 0 Å². The number of ketones is 1. The molecule has 1 aromatic heterocycles. The number of nitrogens with one attached hydrogen (secondary N) is 1. The van der Waals surface area contributed by atoms with Crippen molar-refractivity contribution in [1.82, 2.24) is 14.4 Å². The van der Waals surface area contributed by atoms with Crippen LogP contribution in [-0.2, 0) is 37.3 Å². The van der Waals surface area contributed by atoms with Crippen molar-refractivity contribution in [2.24, 2.45) is 13.0 Å². The zero-order valence-corrected chi connectivity index (χ0v) is 30.7. The van der Waals surface area contributed by atoms with E-state index in [0.717, 1.165) is 43.3 Å².